The predicted octanol–water partition coefficient (Wildman–Crippen LogP) is 5.49. The molecule has 0 bridgehead atoms. The summed E-state index contributed by atoms with van der Waals surface area (Å²) in [6.45, 7) is 7.21. The second-order valence-electron chi connectivity index (χ2n) is 9.05. The third-order valence-electron chi connectivity index (χ3n) is 5.18. The number of ether oxygens (including phenoxy) is 2. The van der Waals surface area contributed by atoms with Crippen molar-refractivity contribution in [2.24, 2.45) is 5.41 Å². The topological polar surface area (TPSA) is 89.3 Å². The quantitative estimate of drug-likeness (QED) is 0.294. The van der Waals surface area contributed by atoms with Crippen molar-refractivity contribution in [3.05, 3.63) is 47.8 Å². The predicted molar refractivity (Wildman–Crippen MR) is 125 cm³/mol. The zero-order valence-corrected chi connectivity index (χ0v) is 21.0. The number of pyridine rings is 1. The molecule has 1 aromatic carbocycles. The van der Waals surface area contributed by atoms with Crippen LogP contribution in [0.4, 0.5) is 13.2 Å². The van der Waals surface area contributed by atoms with Gasteiger partial charge in [-0.25, -0.2) is 4.57 Å². The lowest BCUT2D eigenvalue weighted by molar-refractivity contribution is -0.164. The Kier molecular flexibility index (Phi) is 8.00. The lowest BCUT2D eigenvalue weighted by atomic mass is 9.97. The zero-order chi connectivity index (χ0) is 26.0. The van der Waals surface area contributed by atoms with Gasteiger partial charge in [0.1, 0.15) is 5.75 Å². The van der Waals surface area contributed by atoms with E-state index in [1.165, 1.54) is 12.3 Å². The van der Waals surface area contributed by atoms with Gasteiger partial charge in [0.25, 0.3) is 0 Å². The number of esters is 1. The molecule has 11 heteroatoms. The van der Waals surface area contributed by atoms with E-state index in [-0.39, 0.29) is 16.7 Å². The number of nitrogens with zero attached hydrogens (tertiary/aromatic N) is 3. The van der Waals surface area contributed by atoms with Gasteiger partial charge in [-0.2, -0.15) is 18.2 Å². The molecule has 2 unspecified atom stereocenters. The molecule has 3 aromatic rings. The fourth-order valence-electron chi connectivity index (χ4n) is 3.29. The maximum absolute atomic E-state index is 13.5. The van der Waals surface area contributed by atoms with Gasteiger partial charge in [-0.15, -0.1) is 0 Å². The van der Waals surface area contributed by atoms with Crippen LogP contribution in [0.2, 0.25) is 0 Å². The number of para-hydroxylation sites is 2. The van der Waals surface area contributed by atoms with E-state index in [2.05, 4.69) is 9.97 Å². The number of hydrogen-bond donors (Lipinski definition) is 0. The van der Waals surface area contributed by atoms with E-state index in [1.807, 2.05) is 6.92 Å². The summed E-state index contributed by atoms with van der Waals surface area (Å²) in [6.07, 6.45) is -3.51. The minimum atomic E-state index is -4.48. The normalized spacial score (nSPS) is 14.1. The number of aromatic nitrogens is 3. The van der Waals surface area contributed by atoms with E-state index < -0.39 is 41.6 Å². The first-order chi connectivity index (χ1) is 16.3. The molecule has 2 heterocycles. The van der Waals surface area contributed by atoms with Crippen molar-refractivity contribution in [3.8, 4) is 5.75 Å². The molecule has 0 radical (unpaired) electrons. The van der Waals surface area contributed by atoms with Crippen LogP contribution in [0.25, 0.3) is 11.0 Å². The van der Waals surface area contributed by atoms with Gasteiger partial charge in [-0.05, 0) is 45.9 Å². The van der Waals surface area contributed by atoms with Crippen molar-refractivity contribution in [2.45, 2.75) is 64.4 Å². The molecule has 2 aromatic heterocycles. The Labute approximate surface area is 204 Å². The van der Waals surface area contributed by atoms with Crippen molar-refractivity contribution in [1.82, 2.24) is 14.5 Å². The second-order valence-corrected chi connectivity index (χ2v) is 10.4. The van der Waals surface area contributed by atoms with Crippen LogP contribution in [0.15, 0.2) is 41.7 Å². The average molecular weight is 512 g/mol. The van der Waals surface area contributed by atoms with Gasteiger partial charge in [0.2, 0.25) is 0 Å². The molecule has 0 saturated heterocycles. The monoisotopic (exact) mass is 511 g/mol. The molecule has 0 N–H and O–H groups in total. The van der Waals surface area contributed by atoms with Crippen molar-refractivity contribution in [2.75, 3.05) is 6.61 Å². The van der Waals surface area contributed by atoms with E-state index in [0.717, 1.165) is 0 Å². The number of benzene rings is 1. The summed E-state index contributed by atoms with van der Waals surface area (Å²) in [5, 5.41) is 0.183. The molecule has 2 atom stereocenters. The number of hydrogen-bond acceptors (Lipinski definition) is 6. The Hall–Kier alpha value is -2.79. The summed E-state index contributed by atoms with van der Waals surface area (Å²) in [5.74, 6) is -0.503. The average Bonchev–Trinajstić information content (AvgIpc) is 3.16. The summed E-state index contributed by atoms with van der Waals surface area (Å²) >= 11 is -1.76. The Morgan fingerprint density at radius 3 is 2.51 bits per heavy atom. The Balaban J connectivity index is 1.96. The number of halogens is 3. The molecular weight excluding hydrogens is 483 g/mol. The van der Waals surface area contributed by atoms with Crippen LogP contribution in [-0.4, -0.2) is 37.8 Å². The summed E-state index contributed by atoms with van der Waals surface area (Å²) < 4.78 is 63.6. The van der Waals surface area contributed by atoms with Crippen molar-refractivity contribution >= 4 is 28.2 Å². The number of alkyl halides is 3. The SMILES string of the molecule is CCC(OC(=O)C(C)(C)C)n1c([S+]([O-])Cc2nccc(OCC(F)(F)F)c2C)nc2ccccc21. The highest BCUT2D eigenvalue weighted by Crippen LogP contribution is 2.31. The summed E-state index contributed by atoms with van der Waals surface area (Å²) in [7, 11) is 0. The van der Waals surface area contributed by atoms with Gasteiger partial charge in [-0.1, -0.05) is 19.1 Å². The van der Waals surface area contributed by atoms with Crippen LogP contribution in [0.1, 0.15) is 51.6 Å². The first-order valence-corrected chi connectivity index (χ1v) is 12.3. The lowest BCUT2D eigenvalue weighted by Gasteiger charge is -2.25. The molecular formula is C24H28F3N3O4S. The lowest BCUT2D eigenvalue weighted by Crippen LogP contribution is -2.28. The Bertz CT molecular complexity index is 1190. The van der Waals surface area contributed by atoms with Crippen LogP contribution in [0.5, 0.6) is 5.75 Å². The van der Waals surface area contributed by atoms with Gasteiger partial charge in [-0.3, -0.25) is 9.78 Å². The Morgan fingerprint density at radius 2 is 1.89 bits per heavy atom. The van der Waals surface area contributed by atoms with Crippen molar-refractivity contribution in [3.63, 3.8) is 0 Å². The summed E-state index contributed by atoms with van der Waals surface area (Å²) in [6, 6.07) is 8.49. The maximum atomic E-state index is 13.5. The first kappa shape index (κ1) is 26.8. The fourth-order valence-corrected chi connectivity index (χ4v) is 4.59. The highest BCUT2D eigenvalue weighted by molar-refractivity contribution is 7.90. The van der Waals surface area contributed by atoms with Crippen LogP contribution >= 0.6 is 0 Å². The Morgan fingerprint density at radius 1 is 1.20 bits per heavy atom. The van der Waals surface area contributed by atoms with Gasteiger partial charge in [0, 0.05) is 29.4 Å². The fraction of sp³-hybridized carbons (Fsp3) is 0.458. The molecule has 0 aliphatic rings. The van der Waals surface area contributed by atoms with Crippen molar-refractivity contribution in [1.29, 1.82) is 0 Å². The van der Waals surface area contributed by atoms with Gasteiger partial charge >= 0.3 is 17.3 Å². The highest BCUT2D eigenvalue weighted by atomic mass is 32.2. The number of carbonyl (C=O) groups is 1. The van der Waals surface area contributed by atoms with E-state index in [9.17, 15) is 22.5 Å². The maximum Gasteiger partial charge on any atom is 0.422 e. The molecule has 190 valence electrons. The molecule has 0 spiro atoms. The summed E-state index contributed by atoms with van der Waals surface area (Å²) in [5.41, 5.74) is 1.17. The number of fused-ring (bicyclic) bond motifs is 1. The van der Waals surface area contributed by atoms with Crippen LogP contribution in [0.3, 0.4) is 0 Å². The minimum Gasteiger partial charge on any atom is -0.609 e. The molecule has 0 saturated carbocycles. The molecule has 0 aliphatic heterocycles. The van der Waals surface area contributed by atoms with E-state index in [0.29, 0.717) is 28.7 Å². The molecule has 7 nitrogen and oxygen atoms in total. The second kappa shape index (κ2) is 10.4. The number of imidazole rings is 1. The minimum absolute atomic E-state index is 0.0170. The molecule has 35 heavy (non-hydrogen) atoms. The third-order valence-corrected chi connectivity index (χ3v) is 6.41. The van der Waals surface area contributed by atoms with Crippen LogP contribution in [-0.2, 0) is 26.5 Å². The van der Waals surface area contributed by atoms with E-state index in [1.54, 1.807) is 56.5 Å². The molecule has 0 amide bonds. The standard InChI is InChI=1S/C24H28F3N3O4S/c1-6-20(34-21(31)23(3,4)5)30-18-10-8-7-9-16(18)29-22(30)35(32)13-17-15(2)19(11-12-28-17)33-14-24(25,26)27/h7-12,20H,6,13-14H2,1-5H3. The first-order valence-electron chi connectivity index (χ1n) is 11.0. The van der Waals surface area contributed by atoms with Gasteiger partial charge < -0.3 is 14.0 Å². The van der Waals surface area contributed by atoms with E-state index >= 15 is 0 Å². The highest BCUT2D eigenvalue weighted by Gasteiger charge is 2.33. The van der Waals surface area contributed by atoms with Gasteiger partial charge in [0.15, 0.2) is 18.6 Å². The molecule has 3 rings (SSSR count). The summed E-state index contributed by atoms with van der Waals surface area (Å²) in [4.78, 5) is 21.3. The number of rotatable bonds is 8. The van der Waals surface area contributed by atoms with E-state index in [4.69, 9.17) is 9.47 Å². The number of carbonyl (C=O) groups excluding carboxylic acids is 1. The smallest absolute Gasteiger partial charge is 0.422 e. The van der Waals surface area contributed by atoms with Crippen LogP contribution < -0.4 is 4.74 Å². The zero-order valence-electron chi connectivity index (χ0n) is 20.2. The largest absolute Gasteiger partial charge is 0.609 e. The van der Waals surface area contributed by atoms with Gasteiger partial charge in [0.05, 0.1) is 22.1 Å². The third kappa shape index (κ3) is 6.46. The molecule has 0 fully saturated rings. The van der Waals surface area contributed by atoms with Crippen molar-refractivity contribution < 1.29 is 32.0 Å². The van der Waals surface area contributed by atoms with Crippen LogP contribution in [0, 0.1) is 12.3 Å². The molecule has 0 aliphatic carbocycles.